The first-order valence-corrected chi connectivity index (χ1v) is 5.00. The van der Waals surface area contributed by atoms with E-state index >= 15 is 0 Å². The van der Waals surface area contributed by atoms with Gasteiger partial charge in [-0.3, -0.25) is 0 Å². The molecule has 0 saturated heterocycles. The lowest BCUT2D eigenvalue weighted by atomic mass is 10.2. The fraction of sp³-hybridized carbons (Fsp3) is 0.200. The molecule has 1 N–H and O–H groups in total. The first kappa shape index (κ1) is 8.63. The number of aromatic nitrogens is 1. The van der Waals surface area contributed by atoms with Crippen LogP contribution in [0.1, 0.15) is 6.92 Å². The maximum atomic E-state index is 5.51. The molecule has 1 aromatic heterocycles. The molecular weight excluding hydrogens is 230 g/mol. The van der Waals surface area contributed by atoms with Gasteiger partial charge in [0.2, 0.25) is 0 Å². The van der Waals surface area contributed by atoms with E-state index in [1.807, 2.05) is 31.3 Å². The molecule has 2 nitrogen and oxygen atoms in total. The van der Waals surface area contributed by atoms with Gasteiger partial charge < -0.3 is 9.72 Å². The van der Waals surface area contributed by atoms with Crippen LogP contribution in [0.5, 0.6) is 5.75 Å². The van der Waals surface area contributed by atoms with E-state index in [-0.39, 0.29) is 0 Å². The molecule has 0 radical (unpaired) electrons. The summed E-state index contributed by atoms with van der Waals surface area (Å²) in [5, 5.41) is 1.12. The second-order valence-corrected chi connectivity index (χ2v) is 3.60. The van der Waals surface area contributed by atoms with Crippen LogP contribution in [-0.2, 0) is 0 Å². The van der Waals surface area contributed by atoms with E-state index in [0.717, 1.165) is 21.1 Å². The Bertz CT molecular complexity index is 422. The van der Waals surface area contributed by atoms with Crippen molar-refractivity contribution in [2.45, 2.75) is 6.92 Å². The van der Waals surface area contributed by atoms with Gasteiger partial charge in [0.25, 0.3) is 0 Å². The Kier molecular flexibility index (Phi) is 2.27. The standard InChI is InChI=1S/C10H10BrNO/c1-2-13-9-5-3-4-8-10(9)7(11)6-12-8/h3-6,12H,2H2,1H3. The SMILES string of the molecule is CCOc1cccc2[nH]cc(Br)c12. The van der Waals surface area contributed by atoms with Crippen LogP contribution in [-0.4, -0.2) is 11.6 Å². The second-order valence-electron chi connectivity index (χ2n) is 2.75. The van der Waals surface area contributed by atoms with Gasteiger partial charge in [-0.25, -0.2) is 0 Å². The van der Waals surface area contributed by atoms with E-state index in [0.29, 0.717) is 6.61 Å². The Morgan fingerprint density at radius 3 is 3.08 bits per heavy atom. The van der Waals surface area contributed by atoms with Gasteiger partial charge in [0.05, 0.1) is 17.5 Å². The average molecular weight is 240 g/mol. The Hall–Kier alpha value is -0.960. The van der Waals surface area contributed by atoms with Gasteiger partial charge in [0, 0.05) is 10.7 Å². The topological polar surface area (TPSA) is 25.0 Å². The molecule has 0 bridgehead atoms. The predicted octanol–water partition coefficient (Wildman–Crippen LogP) is 3.33. The maximum absolute atomic E-state index is 5.51. The van der Waals surface area contributed by atoms with E-state index in [9.17, 15) is 0 Å². The highest BCUT2D eigenvalue weighted by atomic mass is 79.9. The van der Waals surface area contributed by atoms with E-state index in [1.54, 1.807) is 0 Å². The number of aromatic amines is 1. The third kappa shape index (κ3) is 1.44. The number of hydrogen-bond acceptors (Lipinski definition) is 1. The van der Waals surface area contributed by atoms with E-state index in [1.165, 1.54) is 0 Å². The number of ether oxygens (including phenoxy) is 1. The van der Waals surface area contributed by atoms with Crippen molar-refractivity contribution in [3.8, 4) is 5.75 Å². The molecule has 1 aromatic carbocycles. The van der Waals surface area contributed by atoms with Crippen LogP contribution in [0.3, 0.4) is 0 Å². The number of hydrogen-bond donors (Lipinski definition) is 1. The quantitative estimate of drug-likeness (QED) is 0.855. The lowest BCUT2D eigenvalue weighted by Crippen LogP contribution is -1.91. The van der Waals surface area contributed by atoms with Gasteiger partial charge >= 0.3 is 0 Å². The molecule has 0 aliphatic heterocycles. The number of benzene rings is 1. The fourth-order valence-corrected chi connectivity index (χ4v) is 1.91. The third-order valence-electron chi connectivity index (χ3n) is 1.92. The summed E-state index contributed by atoms with van der Waals surface area (Å²) in [7, 11) is 0. The van der Waals surface area contributed by atoms with Crippen molar-refractivity contribution in [2.75, 3.05) is 6.61 Å². The minimum atomic E-state index is 0.691. The van der Waals surface area contributed by atoms with Gasteiger partial charge in [-0.2, -0.15) is 0 Å². The molecule has 0 fully saturated rings. The molecule has 2 rings (SSSR count). The van der Waals surface area contributed by atoms with Gasteiger partial charge in [0.15, 0.2) is 0 Å². The van der Waals surface area contributed by atoms with Gasteiger partial charge in [-0.05, 0) is 35.0 Å². The van der Waals surface area contributed by atoms with Crippen molar-refractivity contribution < 1.29 is 4.74 Å². The Labute approximate surface area is 85.0 Å². The summed E-state index contributed by atoms with van der Waals surface area (Å²) in [6.45, 7) is 2.68. The largest absolute Gasteiger partial charge is 0.493 e. The molecular formula is C10H10BrNO. The Balaban J connectivity index is 2.65. The summed E-state index contributed by atoms with van der Waals surface area (Å²) in [5.74, 6) is 0.924. The highest BCUT2D eigenvalue weighted by molar-refractivity contribution is 9.10. The van der Waals surface area contributed by atoms with Crippen LogP contribution < -0.4 is 4.74 Å². The number of rotatable bonds is 2. The van der Waals surface area contributed by atoms with E-state index in [2.05, 4.69) is 20.9 Å². The van der Waals surface area contributed by atoms with E-state index in [4.69, 9.17) is 4.74 Å². The first-order valence-electron chi connectivity index (χ1n) is 4.21. The van der Waals surface area contributed by atoms with Crippen molar-refractivity contribution in [1.82, 2.24) is 4.98 Å². The monoisotopic (exact) mass is 239 g/mol. The van der Waals surface area contributed by atoms with Crippen molar-refractivity contribution in [1.29, 1.82) is 0 Å². The second kappa shape index (κ2) is 3.42. The van der Waals surface area contributed by atoms with Crippen molar-refractivity contribution >= 4 is 26.8 Å². The molecule has 2 aromatic rings. The fourth-order valence-electron chi connectivity index (χ4n) is 1.39. The zero-order chi connectivity index (χ0) is 9.26. The summed E-state index contributed by atoms with van der Waals surface area (Å²) < 4.78 is 6.56. The van der Waals surface area contributed by atoms with Crippen molar-refractivity contribution in [3.63, 3.8) is 0 Å². The molecule has 1 heterocycles. The molecule has 68 valence electrons. The van der Waals surface area contributed by atoms with Crippen molar-refractivity contribution in [2.24, 2.45) is 0 Å². The highest BCUT2D eigenvalue weighted by Crippen LogP contribution is 2.31. The average Bonchev–Trinajstić information content (AvgIpc) is 2.50. The van der Waals surface area contributed by atoms with Crippen molar-refractivity contribution in [3.05, 3.63) is 28.9 Å². The molecule has 0 unspecified atom stereocenters. The minimum Gasteiger partial charge on any atom is -0.493 e. The highest BCUT2D eigenvalue weighted by Gasteiger charge is 2.06. The molecule has 0 spiro atoms. The van der Waals surface area contributed by atoms with Gasteiger partial charge in [-0.1, -0.05) is 6.07 Å². The third-order valence-corrected chi connectivity index (χ3v) is 2.54. The van der Waals surface area contributed by atoms with Crippen LogP contribution in [0.2, 0.25) is 0 Å². The van der Waals surface area contributed by atoms with Gasteiger partial charge in [-0.15, -0.1) is 0 Å². The number of halogens is 1. The lowest BCUT2D eigenvalue weighted by Gasteiger charge is -2.04. The van der Waals surface area contributed by atoms with Gasteiger partial charge in [0.1, 0.15) is 5.75 Å². The number of H-pyrrole nitrogens is 1. The number of nitrogens with one attached hydrogen (secondary N) is 1. The summed E-state index contributed by atoms with van der Waals surface area (Å²) in [4.78, 5) is 3.16. The molecule has 0 saturated carbocycles. The predicted molar refractivity (Wildman–Crippen MR) is 57.2 cm³/mol. The molecule has 3 heteroatoms. The molecule has 0 atom stereocenters. The summed E-state index contributed by atoms with van der Waals surface area (Å²) >= 11 is 3.48. The molecule has 0 aliphatic carbocycles. The Morgan fingerprint density at radius 1 is 1.46 bits per heavy atom. The lowest BCUT2D eigenvalue weighted by molar-refractivity contribution is 0.344. The first-order chi connectivity index (χ1) is 6.33. The smallest absolute Gasteiger partial charge is 0.129 e. The Morgan fingerprint density at radius 2 is 2.31 bits per heavy atom. The maximum Gasteiger partial charge on any atom is 0.129 e. The molecule has 13 heavy (non-hydrogen) atoms. The van der Waals surface area contributed by atoms with Crippen LogP contribution in [0.4, 0.5) is 0 Å². The van der Waals surface area contributed by atoms with E-state index < -0.39 is 0 Å². The van der Waals surface area contributed by atoms with Crippen LogP contribution in [0, 0.1) is 0 Å². The number of fused-ring (bicyclic) bond motifs is 1. The summed E-state index contributed by atoms with van der Waals surface area (Å²) in [5.41, 5.74) is 1.10. The molecule has 0 amide bonds. The normalized spacial score (nSPS) is 10.6. The zero-order valence-corrected chi connectivity index (χ0v) is 8.89. The summed E-state index contributed by atoms with van der Waals surface area (Å²) in [6, 6.07) is 5.99. The van der Waals surface area contributed by atoms with Crippen LogP contribution in [0.25, 0.3) is 10.9 Å². The summed E-state index contributed by atoms with van der Waals surface area (Å²) in [6.07, 6.45) is 1.92. The van der Waals surface area contributed by atoms with Crippen LogP contribution in [0.15, 0.2) is 28.9 Å². The minimum absolute atomic E-state index is 0.691. The zero-order valence-electron chi connectivity index (χ0n) is 7.30. The van der Waals surface area contributed by atoms with Crippen LogP contribution >= 0.6 is 15.9 Å². The molecule has 0 aliphatic rings.